The summed E-state index contributed by atoms with van der Waals surface area (Å²) in [6.07, 6.45) is -4.50. The lowest BCUT2D eigenvalue weighted by molar-refractivity contribution is -0.139. The molecule has 1 atom stereocenters. The van der Waals surface area contributed by atoms with E-state index in [2.05, 4.69) is 10.6 Å². The normalized spacial score (nSPS) is 16.6. The number of carbonyl (C=O) groups excluding carboxylic acids is 2. The van der Waals surface area contributed by atoms with Gasteiger partial charge in [0, 0.05) is 0 Å². The molecule has 0 aromatic heterocycles. The van der Waals surface area contributed by atoms with Crippen molar-refractivity contribution in [3.8, 4) is 5.75 Å². The lowest BCUT2D eigenvalue weighted by Crippen LogP contribution is -2.45. The Hall–Kier alpha value is -3.49. The van der Waals surface area contributed by atoms with Crippen LogP contribution in [0.5, 0.6) is 5.75 Å². The number of carbonyl (C=O) groups is 2. The number of rotatable bonds is 5. The summed E-state index contributed by atoms with van der Waals surface area (Å²) in [5.41, 5.74) is 0.298. The first-order valence-corrected chi connectivity index (χ1v) is 9.05. The number of urea groups is 1. The van der Waals surface area contributed by atoms with Gasteiger partial charge < -0.3 is 20.1 Å². The molecule has 0 saturated carbocycles. The van der Waals surface area contributed by atoms with E-state index in [1.54, 1.807) is 31.2 Å². The Balaban J connectivity index is 2.11. The maximum atomic E-state index is 12.9. The predicted molar refractivity (Wildman–Crippen MR) is 102 cm³/mol. The molecule has 0 spiro atoms. The maximum Gasteiger partial charge on any atom is 0.416 e. The molecule has 1 aliphatic heterocycles. The number of amides is 2. The molecule has 1 heterocycles. The van der Waals surface area contributed by atoms with Gasteiger partial charge >= 0.3 is 18.2 Å². The number of ether oxygens (including phenoxy) is 2. The quantitative estimate of drug-likeness (QED) is 0.716. The topological polar surface area (TPSA) is 76.7 Å². The van der Waals surface area contributed by atoms with Gasteiger partial charge in [0.2, 0.25) is 0 Å². The van der Waals surface area contributed by atoms with E-state index in [1.165, 1.54) is 19.2 Å². The lowest BCUT2D eigenvalue weighted by atomic mass is 9.92. The summed E-state index contributed by atoms with van der Waals surface area (Å²) in [7, 11) is 1.51. The van der Waals surface area contributed by atoms with Crippen molar-refractivity contribution in [3.05, 3.63) is 70.8 Å². The van der Waals surface area contributed by atoms with Crippen LogP contribution in [0.1, 0.15) is 29.7 Å². The highest BCUT2D eigenvalue weighted by molar-refractivity contribution is 6.04. The van der Waals surface area contributed by atoms with Crippen molar-refractivity contribution in [3.63, 3.8) is 0 Å². The third-order valence-electron chi connectivity index (χ3n) is 4.52. The average molecular weight is 420 g/mol. The van der Waals surface area contributed by atoms with E-state index in [0.29, 0.717) is 16.9 Å². The Morgan fingerprint density at radius 1 is 1.07 bits per heavy atom. The molecule has 158 valence electrons. The summed E-state index contributed by atoms with van der Waals surface area (Å²) in [4.78, 5) is 25.0. The predicted octanol–water partition coefficient (Wildman–Crippen LogP) is 4.04. The van der Waals surface area contributed by atoms with Gasteiger partial charge in [-0.15, -0.1) is 0 Å². The highest BCUT2D eigenvalue weighted by atomic mass is 19.4. The minimum Gasteiger partial charge on any atom is -0.497 e. The molecule has 2 N–H and O–H groups in total. The largest absolute Gasteiger partial charge is 0.497 e. The first-order chi connectivity index (χ1) is 14.2. The van der Waals surface area contributed by atoms with Crippen molar-refractivity contribution >= 4 is 17.7 Å². The van der Waals surface area contributed by atoms with Gasteiger partial charge in [-0.05, 0) is 54.4 Å². The molecule has 0 bridgehead atoms. The molecule has 0 saturated heterocycles. The van der Waals surface area contributed by atoms with Gasteiger partial charge in [-0.1, -0.05) is 12.1 Å². The number of nitrogens with one attached hydrogen (secondary N) is 2. The van der Waals surface area contributed by atoms with Crippen molar-refractivity contribution in [2.45, 2.75) is 19.1 Å². The summed E-state index contributed by atoms with van der Waals surface area (Å²) in [6, 6.07) is 9.30. The van der Waals surface area contributed by atoms with Gasteiger partial charge in [-0.3, -0.25) is 0 Å². The second kappa shape index (κ2) is 8.48. The molecule has 0 radical (unpaired) electrons. The first kappa shape index (κ1) is 21.2. The molecule has 9 heteroatoms. The third kappa shape index (κ3) is 4.40. The van der Waals surface area contributed by atoms with Crippen LogP contribution in [-0.2, 0) is 15.7 Å². The molecule has 0 aliphatic carbocycles. The zero-order valence-electron chi connectivity index (χ0n) is 16.2. The monoisotopic (exact) mass is 420 g/mol. The number of methoxy groups -OCH3 is 1. The summed E-state index contributed by atoms with van der Waals surface area (Å²) < 4.78 is 49.0. The first-order valence-electron chi connectivity index (χ1n) is 9.05. The van der Waals surface area contributed by atoms with Gasteiger partial charge in [0.15, 0.2) is 0 Å². The van der Waals surface area contributed by atoms with Crippen molar-refractivity contribution in [1.82, 2.24) is 10.6 Å². The van der Waals surface area contributed by atoms with Gasteiger partial charge in [-0.2, -0.15) is 13.2 Å². The SMILES string of the molecule is CCOC(=O)C1=C(c2ccc(OC)cc2)NC(=O)NC1c1ccc(C(F)(F)F)cc1. The molecule has 2 amide bonds. The van der Waals surface area contributed by atoms with Crippen LogP contribution in [0.4, 0.5) is 18.0 Å². The standard InChI is InChI=1S/C21H19F3N2O4/c1-3-30-19(27)16-17(12-4-8-14(9-5-12)21(22,23)24)25-20(28)26-18(16)13-6-10-15(29-2)11-7-13/h4-11,17H,3H2,1-2H3,(H2,25,26,28). The van der Waals surface area contributed by atoms with Crippen LogP contribution in [0.25, 0.3) is 5.70 Å². The van der Waals surface area contributed by atoms with Crippen molar-refractivity contribution < 1.29 is 32.2 Å². The van der Waals surface area contributed by atoms with Gasteiger partial charge in [0.1, 0.15) is 5.75 Å². The molecular formula is C21H19F3N2O4. The number of benzene rings is 2. The summed E-state index contributed by atoms with van der Waals surface area (Å²) in [6.45, 7) is 1.72. The number of hydrogen-bond acceptors (Lipinski definition) is 4. The Kier molecular flexibility index (Phi) is 6.00. The molecule has 2 aromatic carbocycles. The second-order valence-electron chi connectivity index (χ2n) is 6.39. The maximum absolute atomic E-state index is 12.9. The van der Waals surface area contributed by atoms with Crippen LogP contribution in [0, 0.1) is 0 Å². The highest BCUT2D eigenvalue weighted by Crippen LogP contribution is 2.35. The fraction of sp³-hybridized carbons (Fsp3) is 0.238. The van der Waals surface area contributed by atoms with E-state index in [-0.39, 0.29) is 17.9 Å². The molecule has 0 fully saturated rings. The second-order valence-corrected chi connectivity index (χ2v) is 6.39. The molecule has 1 aliphatic rings. The van der Waals surface area contributed by atoms with Gasteiger partial charge in [0.05, 0.1) is 36.6 Å². The summed E-state index contributed by atoms with van der Waals surface area (Å²) in [5, 5.41) is 5.19. The van der Waals surface area contributed by atoms with E-state index in [9.17, 15) is 22.8 Å². The van der Waals surface area contributed by atoms with Crippen LogP contribution in [0.15, 0.2) is 54.1 Å². The van der Waals surface area contributed by atoms with Crippen molar-refractivity contribution in [2.75, 3.05) is 13.7 Å². The minimum absolute atomic E-state index is 0.0846. The Morgan fingerprint density at radius 2 is 1.70 bits per heavy atom. The van der Waals surface area contributed by atoms with Crippen LogP contribution in [-0.4, -0.2) is 25.7 Å². The fourth-order valence-corrected chi connectivity index (χ4v) is 3.09. The third-order valence-corrected chi connectivity index (χ3v) is 4.52. The lowest BCUT2D eigenvalue weighted by Gasteiger charge is -2.29. The van der Waals surface area contributed by atoms with E-state index < -0.39 is 29.8 Å². The van der Waals surface area contributed by atoms with Gasteiger partial charge in [0.25, 0.3) is 0 Å². The average Bonchev–Trinajstić information content (AvgIpc) is 2.72. The minimum atomic E-state index is -4.50. The Labute approximate surface area is 170 Å². The fourth-order valence-electron chi connectivity index (χ4n) is 3.09. The van der Waals surface area contributed by atoms with Crippen LogP contribution in [0.3, 0.4) is 0 Å². The van der Waals surface area contributed by atoms with E-state index >= 15 is 0 Å². The zero-order chi connectivity index (χ0) is 21.9. The summed E-state index contributed by atoms with van der Waals surface area (Å²) >= 11 is 0. The number of esters is 1. The van der Waals surface area contributed by atoms with E-state index in [4.69, 9.17) is 9.47 Å². The molecule has 2 aromatic rings. The number of alkyl halides is 3. The summed E-state index contributed by atoms with van der Waals surface area (Å²) in [5.74, 6) is -0.114. The van der Waals surface area contributed by atoms with Gasteiger partial charge in [-0.25, -0.2) is 9.59 Å². The molecule has 30 heavy (non-hydrogen) atoms. The van der Waals surface area contributed by atoms with Crippen molar-refractivity contribution in [1.29, 1.82) is 0 Å². The molecule has 6 nitrogen and oxygen atoms in total. The van der Waals surface area contributed by atoms with Crippen molar-refractivity contribution in [2.24, 2.45) is 0 Å². The van der Waals surface area contributed by atoms with Crippen LogP contribution >= 0.6 is 0 Å². The zero-order valence-corrected chi connectivity index (χ0v) is 16.2. The number of hydrogen-bond donors (Lipinski definition) is 2. The molecule has 3 rings (SSSR count). The van der Waals surface area contributed by atoms with E-state index in [1.807, 2.05) is 0 Å². The van der Waals surface area contributed by atoms with Crippen LogP contribution in [0.2, 0.25) is 0 Å². The number of halogens is 3. The Bertz CT molecular complexity index is 967. The highest BCUT2D eigenvalue weighted by Gasteiger charge is 2.35. The molecular weight excluding hydrogens is 401 g/mol. The molecule has 1 unspecified atom stereocenters. The Morgan fingerprint density at radius 3 is 2.23 bits per heavy atom. The van der Waals surface area contributed by atoms with E-state index in [0.717, 1.165) is 12.1 Å². The smallest absolute Gasteiger partial charge is 0.416 e. The van der Waals surface area contributed by atoms with Crippen LogP contribution < -0.4 is 15.4 Å².